The van der Waals surface area contributed by atoms with E-state index < -0.39 is 0 Å². The van der Waals surface area contributed by atoms with Crippen LogP contribution in [0.2, 0.25) is 0 Å². The molecule has 1 aromatic heterocycles. The lowest BCUT2D eigenvalue weighted by atomic mass is 10.0. The molecule has 0 unspecified atom stereocenters. The maximum Gasteiger partial charge on any atom is 0.197 e. The molecule has 0 spiro atoms. The van der Waals surface area contributed by atoms with E-state index in [4.69, 9.17) is 0 Å². The number of hydrogen-bond donors (Lipinski definition) is 0. The number of fused-ring (bicyclic) bond motifs is 2. The molecular weight excluding hydrogens is 286 g/mol. The number of rotatable bonds is 1. The van der Waals surface area contributed by atoms with Gasteiger partial charge in [-0.25, -0.2) is 0 Å². The Morgan fingerprint density at radius 2 is 1.43 bits per heavy atom. The summed E-state index contributed by atoms with van der Waals surface area (Å²) in [5.41, 5.74) is 3.81. The summed E-state index contributed by atoms with van der Waals surface area (Å²) >= 11 is 0. The fraction of sp³-hybridized carbons (Fsp3) is 0.0500. The molecule has 0 radical (unpaired) electrons. The second kappa shape index (κ2) is 4.99. The molecule has 0 saturated carbocycles. The van der Waals surface area contributed by atoms with E-state index in [1.807, 2.05) is 66.2 Å². The molecule has 0 bridgehead atoms. The van der Waals surface area contributed by atoms with Crippen LogP contribution in [-0.2, 0) is 7.05 Å². The van der Waals surface area contributed by atoms with Crippen LogP contribution in [0.3, 0.4) is 0 Å². The Labute approximate surface area is 133 Å². The van der Waals surface area contributed by atoms with Crippen molar-refractivity contribution in [3.8, 4) is 16.9 Å². The van der Waals surface area contributed by atoms with E-state index in [2.05, 4.69) is 0 Å². The Kier molecular flexibility index (Phi) is 2.95. The van der Waals surface area contributed by atoms with E-state index in [0.717, 1.165) is 27.5 Å². The molecule has 0 aliphatic rings. The number of pyridine rings is 1. The molecule has 112 valence electrons. The average molecular weight is 300 g/mol. The second-order valence-electron chi connectivity index (χ2n) is 5.66. The lowest BCUT2D eigenvalue weighted by Gasteiger charge is -2.12. The van der Waals surface area contributed by atoms with E-state index in [1.165, 1.54) is 0 Å². The molecule has 0 aliphatic heterocycles. The maximum atomic E-state index is 12.7. The summed E-state index contributed by atoms with van der Waals surface area (Å²) in [5, 5.41) is 12.7. The SMILES string of the molecule is Cn1c2ccccc2c(=O)c2ccc(-c3ccc([O-])cc3)cc21. The summed E-state index contributed by atoms with van der Waals surface area (Å²) in [4.78, 5) is 12.7. The van der Waals surface area contributed by atoms with Gasteiger partial charge in [0.25, 0.3) is 0 Å². The first-order chi connectivity index (χ1) is 11.1. The van der Waals surface area contributed by atoms with Crippen molar-refractivity contribution in [1.29, 1.82) is 0 Å². The van der Waals surface area contributed by atoms with Crippen molar-refractivity contribution in [1.82, 2.24) is 4.57 Å². The zero-order valence-electron chi connectivity index (χ0n) is 12.6. The molecule has 1 heterocycles. The van der Waals surface area contributed by atoms with Crippen LogP contribution in [0.4, 0.5) is 0 Å². The van der Waals surface area contributed by atoms with Gasteiger partial charge >= 0.3 is 0 Å². The van der Waals surface area contributed by atoms with Crippen LogP contribution in [-0.4, -0.2) is 4.57 Å². The number of nitrogens with zero attached hydrogens (tertiary/aromatic N) is 1. The van der Waals surface area contributed by atoms with Crippen LogP contribution in [0.5, 0.6) is 5.75 Å². The Morgan fingerprint density at radius 3 is 2.22 bits per heavy atom. The first-order valence-electron chi connectivity index (χ1n) is 7.44. The highest BCUT2D eigenvalue weighted by molar-refractivity contribution is 5.95. The normalized spacial score (nSPS) is 11.2. The third-order valence-corrected chi connectivity index (χ3v) is 4.30. The summed E-state index contributed by atoms with van der Waals surface area (Å²) in [5.74, 6) is -0.00654. The van der Waals surface area contributed by atoms with Gasteiger partial charge in [0, 0.05) is 17.8 Å². The molecule has 0 aliphatic carbocycles. The number of benzene rings is 3. The highest BCUT2D eigenvalue weighted by Gasteiger charge is 2.09. The smallest absolute Gasteiger partial charge is 0.197 e. The van der Waals surface area contributed by atoms with Gasteiger partial charge in [-0.2, -0.15) is 0 Å². The third kappa shape index (κ3) is 2.09. The molecule has 4 rings (SSSR count). The number of aryl methyl sites for hydroxylation is 1. The van der Waals surface area contributed by atoms with Crippen LogP contribution in [0, 0.1) is 0 Å². The quantitative estimate of drug-likeness (QED) is 0.506. The summed E-state index contributed by atoms with van der Waals surface area (Å²) < 4.78 is 2.04. The zero-order chi connectivity index (χ0) is 16.0. The molecular formula is C20H14NO2-. The minimum Gasteiger partial charge on any atom is -0.872 e. The highest BCUT2D eigenvalue weighted by atomic mass is 16.3. The Balaban J connectivity index is 2.06. The van der Waals surface area contributed by atoms with Crippen molar-refractivity contribution in [2.45, 2.75) is 0 Å². The van der Waals surface area contributed by atoms with Gasteiger partial charge in [-0.1, -0.05) is 42.5 Å². The third-order valence-electron chi connectivity index (χ3n) is 4.30. The summed E-state index contributed by atoms with van der Waals surface area (Å²) in [6.07, 6.45) is 0. The molecule has 0 amide bonds. The average Bonchev–Trinajstić information content (AvgIpc) is 2.60. The van der Waals surface area contributed by atoms with Gasteiger partial charge in [0.05, 0.1) is 11.0 Å². The van der Waals surface area contributed by atoms with Crippen molar-refractivity contribution in [2.24, 2.45) is 7.05 Å². The first kappa shape index (κ1) is 13.6. The summed E-state index contributed by atoms with van der Waals surface area (Å²) in [7, 11) is 1.97. The Bertz CT molecular complexity index is 1090. The fourth-order valence-corrected chi connectivity index (χ4v) is 3.06. The fourth-order valence-electron chi connectivity index (χ4n) is 3.06. The van der Waals surface area contributed by atoms with E-state index >= 15 is 0 Å². The Morgan fingerprint density at radius 1 is 0.783 bits per heavy atom. The largest absolute Gasteiger partial charge is 0.872 e. The van der Waals surface area contributed by atoms with Gasteiger partial charge in [0.15, 0.2) is 5.43 Å². The summed E-state index contributed by atoms with van der Waals surface area (Å²) in [6.45, 7) is 0. The van der Waals surface area contributed by atoms with Crippen molar-refractivity contribution in [3.63, 3.8) is 0 Å². The van der Waals surface area contributed by atoms with E-state index in [9.17, 15) is 9.90 Å². The molecule has 3 heteroatoms. The minimum absolute atomic E-state index is 0.00654. The van der Waals surface area contributed by atoms with Gasteiger partial charge in [-0.3, -0.25) is 4.79 Å². The topological polar surface area (TPSA) is 45.1 Å². The van der Waals surface area contributed by atoms with Gasteiger partial charge in [-0.15, -0.1) is 5.75 Å². The summed E-state index contributed by atoms with van der Waals surface area (Å²) in [6, 6.07) is 20.2. The molecule has 23 heavy (non-hydrogen) atoms. The molecule has 0 saturated heterocycles. The number of para-hydroxylation sites is 1. The van der Waals surface area contributed by atoms with E-state index in [1.54, 1.807) is 12.1 Å². The molecule has 0 atom stereocenters. The first-order valence-corrected chi connectivity index (χ1v) is 7.44. The van der Waals surface area contributed by atoms with E-state index in [-0.39, 0.29) is 11.2 Å². The molecule has 3 nitrogen and oxygen atoms in total. The van der Waals surface area contributed by atoms with E-state index in [0.29, 0.717) is 5.39 Å². The molecule has 3 aromatic carbocycles. The molecule has 0 fully saturated rings. The van der Waals surface area contributed by atoms with Crippen molar-refractivity contribution < 1.29 is 5.11 Å². The maximum absolute atomic E-state index is 12.7. The number of aromatic nitrogens is 1. The number of hydrogen-bond acceptors (Lipinski definition) is 2. The van der Waals surface area contributed by atoms with Crippen LogP contribution in [0.15, 0.2) is 71.5 Å². The van der Waals surface area contributed by atoms with Crippen LogP contribution in [0.25, 0.3) is 32.9 Å². The van der Waals surface area contributed by atoms with Gasteiger partial charge in [0.1, 0.15) is 0 Å². The highest BCUT2D eigenvalue weighted by Crippen LogP contribution is 2.26. The van der Waals surface area contributed by atoms with Crippen molar-refractivity contribution in [2.75, 3.05) is 0 Å². The van der Waals surface area contributed by atoms with Gasteiger partial charge in [0.2, 0.25) is 0 Å². The zero-order valence-corrected chi connectivity index (χ0v) is 12.6. The van der Waals surface area contributed by atoms with Crippen molar-refractivity contribution >= 4 is 21.8 Å². The van der Waals surface area contributed by atoms with Crippen LogP contribution in [0.1, 0.15) is 0 Å². The lowest BCUT2D eigenvalue weighted by Crippen LogP contribution is -2.08. The standard InChI is InChI=1S/C20H15NO2/c1-21-18-5-3-2-4-16(18)20(23)17-11-8-14(12-19(17)21)13-6-9-15(22)10-7-13/h2-12,22H,1H3/p-1. The van der Waals surface area contributed by atoms with Gasteiger partial charge in [-0.05, 0) is 35.4 Å². The predicted octanol–water partition coefficient (Wildman–Crippen LogP) is 3.43. The van der Waals surface area contributed by atoms with Crippen molar-refractivity contribution in [3.05, 3.63) is 77.0 Å². The minimum atomic E-state index is -0.00654. The predicted molar refractivity (Wildman–Crippen MR) is 91.6 cm³/mol. The monoisotopic (exact) mass is 300 g/mol. The lowest BCUT2D eigenvalue weighted by molar-refractivity contribution is -0.268. The Hall–Kier alpha value is -3.07. The second-order valence-corrected chi connectivity index (χ2v) is 5.66. The van der Waals surface area contributed by atoms with Crippen LogP contribution >= 0.6 is 0 Å². The van der Waals surface area contributed by atoms with Gasteiger partial charge < -0.3 is 9.67 Å². The molecule has 0 N–H and O–H groups in total. The van der Waals surface area contributed by atoms with Crippen LogP contribution < -0.4 is 10.5 Å². The molecule has 4 aromatic rings.